The second-order valence-electron chi connectivity index (χ2n) is 5.96. The molecule has 1 aromatic carbocycles. The van der Waals surface area contributed by atoms with Gasteiger partial charge in [-0.3, -0.25) is 9.67 Å². The van der Waals surface area contributed by atoms with Crippen LogP contribution >= 0.6 is 0 Å². The first-order chi connectivity index (χ1) is 11.3. The number of nitrogens with one attached hydrogen (secondary N) is 1. The zero-order valence-corrected chi connectivity index (χ0v) is 14.0. The highest BCUT2D eigenvalue weighted by Gasteiger charge is 2.18. The molecule has 2 heterocycles. The summed E-state index contributed by atoms with van der Waals surface area (Å²) in [5, 5.41) is 7.74. The number of hydrogen-bond donors (Lipinski definition) is 1. The largest absolute Gasteiger partial charge is 0.357 e. The van der Waals surface area contributed by atoms with Gasteiger partial charge in [-0.25, -0.2) is 0 Å². The Kier molecular flexibility index (Phi) is 4.95. The first-order valence-corrected chi connectivity index (χ1v) is 8.35. The van der Waals surface area contributed by atoms with Crippen LogP contribution in [0.1, 0.15) is 23.6 Å². The van der Waals surface area contributed by atoms with Gasteiger partial charge in [-0.2, -0.15) is 5.10 Å². The minimum absolute atomic E-state index is 0.738. The maximum absolute atomic E-state index is 4.79. The molecule has 1 aromatic heterocycles. The fraction of sp³-hybridized carbons (Fsp3) is 0.444. The Morgan fingerprint density at radius 2 is 2.13 bits per heavy atom. The summed E-state index contributed by atoms with van der Waals surface area (Å²) >= 11 is 0. The number of hydrogen-bond acceptors (Lipinski definition) is 2. The van der Waals surface area contributed by atoms with Crippen LogP contribution in [0.5, 0.6) is 0 Å². The van der Waals surface area contributed by atoms with Gasteiger partial charge < -0.3 is 10.2 Å². The summed E-state index contributed by atoms with van der Waals surface area (Å²) in [6.45, 7) is 8.56. The molecule has 0 unspecified atom stereocenters. The van der Waals surface area contributed by atoms with Crippen LogP contribution < -0.4 is 5.32 Å². The van der Waals surface area contributed by atoms with Crippen molar-refractivity contribution in [2.24, 2.45) is 4.99 Å². The predicted octanol–water partition coefficient (Wildman–Crippen LogP) is 2.22. The molecular weight excluding hydrogens is 286 g/mol. The molecule has 5 nitrogen and oxygen atoms in total. The number of aromatic nitrogens is 2. The lowest BCUT2D eigenvalue weighted by Gasteiger charge is -2.31. The highest BCUT2D eigenvalue weighted by molar-refractivity contribution is 5.80. The second-order valence-corrected chi connectivity index (χ2v) is 5.96. The van der Waals surface area contributed by atoms with Crippen LogP contribution in [-0.2, 0) is 19.5 Å². The summed E-state index contributed by atoms with van der Waals surface area (Å²) in [6, 6.07) is 8.70. The molecule has 2 aromatic rings. The number of benzene rings is 1. The molecule has 3 rings (SSSR count). The van der Waals surface area contributed by atoms with E-state index in [0.29, 0.717) is 0 Å². The van der Waals surface area contributed by atoms with Crippen molar-refractivity contribution in [3.8, 4) is 0 Å². The van der Waals surface area contributed by atoms with Crippen LogP contribution in [0.4, 0.5) is 0 Å². The molecule has 1 aliphatic heterocycles. The normalized spacial score (nSPS) is 14.7. The Balaban J connectivity index is 1.65. The second kappa shape index (κ2) is 7.31. The third-order valence-corrected chi connectivity index (χ3v) is 4.12. The Morgan fingerprint density at radius 3 is 2.87 bits per heavy atom. The lowest BCUT2D eigenvalue weighted by molar-refractivity contribution is 0.378. The fourth-order valence-corrected chi connectivity index (χ4v) is 2.95. The summed E-state index contributed by atoms with van der Waals surface area (Å²) in [7, 11) is 0. The lowest BCUT2D eigenvalue weighted by Crippen LogP contribution is -2.44. The number of fused-ring (bicyclic) bond motifs is 1. The summed E-state index contributed by atoms with van der Waals surface area (Å²) in [5.74, 6) is 1.01. The van der Waals surface area contributed by atoms with Crippen molar-refractivity contribution < 1.29 is 0 Å². The van der Waals surface area contributed by atoms with Crippen molar-refractivity contribution in [1.82, 2.24) is 20.0 Å². The topological polar surface area (TPSA) is 45.5 Å². The summed E-state index contributed by atoms with van der Waals surface area (Å²) < 4.78 is 1.95. The van der Waals surface area contributed by atoms with Gasteiger partial charge >= 0.3 is 0 Å². The Bertz CT molecular complexity index is 674. The maximum Gasteiger partial charge on any atom is 0.194 e. The molecule has 0 spiro atoms. The van der Waals surface area contributed by atoms with Crippen molar-refractivity contribution in [2.45, 2.75) is 33.4 Å². The molecular formula is C18H25N5. The summed E-state index contributed by atoms with van der Waals surface area (Å²) in [6.07, 6.45) is 5.02. The first kappa shape index (κ1) is 15.6. The molecule has 0 saturated carbocycles. The highest BCUT2D eigenvalue weighted by Crippen LogP contribution is 2.18. The van der Waals surface area contributed by atoms with Gasteiger partial charge in [0, 0.05) is 25.8 Å². The van der Waals surface area contributed by atoms with E-state index < -0.39 is 0 Å². The van der Waals surface area contributed by atoms with Gasteiger partial charge in [0.2, 0.25) is 0 Å². The quantitative estimate of drug-likeness (QED) is 0.695. The Hall–Kier alpha value is -2.30. The van der Waals surface area contributed by atoms with Crippen LogP contribution in [0.15, 0.2) is 41.7 Å². The maximum atomic E-state index is 4.79. The van der Waals surface area contributed by atoms with E-state index in [2.05, 4.69) is 59.6 Å². The van der Waals surface area contributed by atoms with Gasteiger partial charge in [0.15, 0.2) is 5.96 Å². The molecule has 23 heavy (non-hydrogen) atoms. The third kappa shape index (κ3) is 3.92. The molecule has 0 amide bonds. The van der Waals surface area contributed by atoms with E-state index in [-0.39, 0.29) is 0 Å². The van der Waals surface area contributed by atoms with Gasteiger partial charge in [-0.15, -0.1) is 0 Å². The lowest BCUT2D eigenvalue weighted by atomic mass is 10.0. The van der Waals surface area contributed by atoms with Crippen LogP contribution in [0.3, 0.4) is 0 Å². The Labute approximate surface area is 138 Å². The number of aliphatic imine (C=N–C) groups is 1. The van der Waals surface area contributed by atoms with E-state index in [1.807, 2.05) is 10.9 Å². The van der Waals surface area contributed by atoms with Gasteiger partial charge in [0.05, 0.1) is 19.3 Å². The average molecular weight is 311 g/mol. The highest BCUT2D eigenvalue weighted by atomic mass is 15.3. The van der Waals surface area contributed by atoms with Gasteiger partial charge in [-0.05, 0) is 37.0 Å². The van der Waals surface area contributed by atoms with Crippen molar-refractivity contribution in [1.29, 1.82) is 0 Å². The van der Waals surface area contributed by atoms with Gasteiger partial charge in [0.1, 0.15) is 0 Å². The van der Waals surface area contributed by atoms with Crippen molar-refractivity contribution in [3.63, 3.8) is 0 Å². The number of aryl methyl sites for hydroxylation is 1. The standard InChI is InChI=1S/C18H25N5/c1-3-19-18(20-9-11-23-13-15(2)12-21-23)22-10-8-16-6-4-5-7-17(16)14-22/h4-7,12-13H,3,8-11,14H2,1-2H3,(H,19,20). The monoisotopic (exact) mass is 311 g/mol. The first-order valence-electron chi connectivity index (χ1n) is 8.35. The van der Waals surface area contributed by atoms with Gasteiger partial charge in [-0.1, -0.05) is 24.3 Å². The molecule has 0 atom stereocenters. The predicted molar refractivity (Wildman–Crippen MR) is 93.5 cm³/mol. The van der Waals surface area contributed by atoms with Crippen LogP contribution in [0.2, 0.25) is 0 Å². The van der Waals surface area contributed by atoms with E-state index in [9.17, 15) is 0 Å². The van der Waals surface area contributed by atoms with Crippen LogP contribution in [0, 0.1) is 6.92 Å². The number of nitrogens with zero attached hydrogens (tertiary/aromatic N) is 4. The molecule has 5 heteroatoms. The van der Waals surface area contributed by atoms with Crippen molar-refractivity contribution >= 4 is 5.96 Å². The molecule has 0 fully saturated rings. The SMILES string of the molecule is CCNC(=NCCn1cc(C)cn1)N1CCc2ccccc2C1. The molecule has 122 valence electrons. The van der Waals surface area contributed by atoms with E-state index in [4.69, 9.17) is 4.99 Å². The number of rotatable bonds is 4. The van der Waals surface area contributed by atoms with Crippen molar-refractivity contribution in [2.75, 3.05) is 19.6 Å². The van der Waals surface area contributed by atoms with Crippen LogP contribution in [-0.4, -0.2) is 40.3 Å². The Morgan fingerprint density at radius 1 is 1.30 bits per heavy atom. The zero-order valence-electron chi connectivity index (χ0n) is 14.0. The van der Waals surface area contributed by atoms with E-state index in [1.165, 1.54) is 16.7 Å². The minimum Gasteiger partial charge on any atom is -0.357 e. The zero-order chi connectivity index (χ0) is 16.1. The fourth-order valence-electron chi connectivity index (χ4n) is 2.95. The van der Waals surface area contributed by atoms with Gasteiger partial charge in [0.25, 0.3) is 0 Å². The molecule has 0 radical (unpaired) electrons. The average Bonchev–Trinajstić information content (AvgIpc) is 2.99. The summed E-state index contributed by atoms with van der Waals surface area (Å²) in [4.78, 5) is 7.13. The minimum atomic E-state index is 0.738. The summed E-state index contributed by atoms with van der Waals surface area (Å²) in [5.41, 5.74) is 4.06. The smallest absolute Gasteiger partial charge is 0.194 e. The van der Waals surface area contributed by atoms with E-state index in [1.54, 1.807) is 0 Å². The third-order valence-electron chi connectivity index (χ3n) is 4.12. The molecule has 1 N–H and O–H groups in total. The van der Waals surface area contributed by atoms with E-state index in [0.717, 1.165) is 45.1 Å². The molecule has 0 aliphatic carbocycles. The molecule has 1 aliphatic rings. The molecule has 0 saturated heterocycles. The van der Waals surface area contributed by atoms with Crippen molar-refractivity contribution in [3.05, 3.63) is 53.3 Å². The van der Waals surface area contributed by atoms with E-state index >= 15 is 0 Å². The van der Waals surface area contributed by atoms with Crippen LogP contribution in [0.25, 0.3) is 0 Å². The number of guanidine groups is 1. The molecule has 0 bridgehead atoms.